The van der Waals surface area contributed by atoms with E-state index in [4.69, 9.17) is 0 Å². The average Bonchev–Trinajstić information content (AvgIpc) is 2.32. The van der Waals surface area contributed by atoms with Crippen LogP contribution >= 0.6 is 0 Å². The highest BCUT2D eigenvalue weighted by Crippen LogP contribution is 2.27. The molecule has 1 aromatic rings. The van der Waals surface area contributed by atoms with Gasteiger partial charge in [0.1, 0.15) is 0 Å². The standard InChI is InChI=1S/C15H21/c1-3-8-14(9-4-1)12-7-13-15-10-5-2-6-11-15/h1,3-4,8-9,13,15H,2,5-7,10-12H2. The second-order valence-electron chi connectivity index (χ2n) is 4.66. The van der Waals surface area contributed by atoms with E-state index >= 15 is 0 Å². The van der Waals surface area contributed by atoms with E-state index in [1.165, 1.54) is 50.5 Å². The molecule has 0 heteroatoms. The molecule has 1 radical (unpaired) electrons. The van der Waals surface area contributed by atoms with Crippen molar-refractivity contribution in [3.05, 3.63) is 42.3 Å². The SMILES string of the molecule is [CH](CCc1ccccc1)C1CCCCC1. The lowest BCUT2D eigenvalue weighted by Crippen LogP contribution is -2.07. The van der Waals surface area contributed by atoms with Gasteiger partial charge in [0, 0.05) is 0 Å². The fourth-order valence-electron chi connectivity index (χ4n) is 2.50. The molecule has 0 aliphatic heterocycles. The van der Waals surface area contributed by atoms with Gasteiger partial charge in [0.05, 0.1) is 0 Å². The van der Waals surface area contributed by atoms with Crippen LogP contribution in [0.2, 0.25) is 0 Å². The fraction of sp³-hybridized carbons (Fsp3) is 0.533. The molecular formula is C15H21. The third-order valence-electron chi connectivity index (χ3n) is 3.43. The van der Waals surface area contributed by atoms with Crippen LogP contribution in [0, 0.1) is 12.3 Å². The highest BCUT2D eigenvalue weighted by atomic mass is 14.2. The van der Waals surface area contributed by atoms with Crippen LogP contribution < -0.4 is 0 Å². The van der Waals surface area contributed by atoms with Crippen LogP contribution in [0.3, 0.4) is 0 Å². The summed E-state index contributed by atoms with van der Waals surface area (Å²) in [6, 6.07) is 10.8. The van der Waals surface area contributed by atoms with Crippen molar-refractivity contribution in [3.63, 3.8) is 0 Å². The molecule has 1 aliphatic rings. The highest BCUT2D eigenvalue weighted by molar-refractivity contribution is 5.14. The molecule has 0 saturated heterocycles. The van der Waals surface area contributed by atoms with Gasteiger partial charge >= 0.3 is 0 Å². The van der Waals surface area contributed by atoms with Crippen LogP contribution in [0.1, 0.15) is 44.1 Å². The molecule has 1 aliphatic carbocycles. The van der Waals surface area contributed by atoms with Crippen molar-refractivity contribution in [2.45, 2.75) is 44.9 Å². The fourth-order valence-corrected chi connectivity index (χ4v) is 2.50. The summed E-state index contributed by atoms with van der Waals surface area (Å²) in [6.45, 7) is 0. The van der Waals surface area contributed by atoms with E-state index in [9.17, 15) is 0 Å². The molecule has 0 heterocycles. The van der Waals surface area contributed by atoms with Gasteiger partial charge < -0.3 is 0 Å². The number of aryl methyl sites for hydroxylation is 1. The highest BCUT2D eigenvalue weighted by Gasteiger charge is 2.12. The molecule has 15 heavy (non-hydrogen) atoms. The Hall–Kier alpha value is -0.780. The van der Waals surface area contributed by atoms with Crippen LogP contribution in [-0.4, -0.2) is 0 Å². The molecule has 0 bridgehead atoms. The number of benzene rings is 1. The van der Waals surface area contributed by atoms with Gasteiger partial charge in [-0.3, -0.25) is 0 Å². The van der Waals surface area contributed by atoms with Crippen molar-refractivity contribution < 1.29 is 0 Å². The average molecular weight is 201 g/mol. The number of rotatable bonds is 4. The lowest BCUT2D eigenvalue weighted by atomic mass is 9.85. The third-order valence-corrected chi connectivity index (χ3v) is 3.43. The van der Waals surface area contributed by atoms with E-state index in [0.717, 1.165) is 5.92 Å². The lowest BCUT2D eigenvalue weighted by molar-refractivity contribution is 0.390. The van der Waals surface area contributed by atoms with Crippen molar-refractivity contribution in [2.75, 3.05) is 0 Å². The summed E-state index contributed by atoms with van der Waals surface area (Å²) >= 11 is 0. The number of hydrogen-bond acceptors (Lipinski definition) is 0. The monoisotopic (exact) mass is 201 g/mol. The first kappa shape index (κ1) is 10.7. The summed E-state index contributed by atoms with van der Waals surface area (Å²) in [5, 5.41) is 0. The second kappa shape index (κ2) is 5.95. The predicted octanol–water partition coefficient (Wildman–Crippen LogP) is 4.40. The molecule has 0 N–H and O–H groups in total. The molecule has 2 rings (SSSR count). The Labute approximate surface area is 93.7 Å². The van der Waals surface area contributed by atoms with Gasteiger partial charge in [0.15, 0.2) is 0 Å². The Kier molecular flexibility index (Phi) is 4.25. The van der Waals surface area contributed by atoms with Crippen molar-refractivity contribution >= 4 is 0 Å². The summed E-state index contributed by atoms with van der Waals surface area (Å²) in [4.78, 5) is 0. The van der Waals surface area contributed by atoms with E-state index in [2.05, 4.69) is 36.8 Å². The first-order valence-electron chi connectivity index (χ1n) is 6.32. The van der Waals surface area contributed by atoms with Crippen molar-refractivity contribution in [3.8, 4) is 0 Å². The molecule has 81 valence electrons. The molecule has 0 spiro atoms. The lowest BCUT2D eigenvalue weighted by Gasteiger charge is -2.20. The summed E-state index contributed by atoms with van der Waals surface area (Å²) in [5.74, 6) is 0.919. The minimum Gasteiger partial charge on any atom is -0.0622 e. The van der Waals surface area contributed by atoms with E-state index < -0.39 is 0 Å². The maximum atomic E-state index is 2.56. The van der Waals surface area contributed by atoms with Crippen molar-refractivity contribution in [1.29, 1.82) is 0 Å². The van der Waals surface area contributed by atoms with Gasteiger partial charge in [0.2, 0.25) is 0 Å². The van der Waals surface area contributed by atoms with Crippen LogP contribution in [0.4, 0.5) is 0 Å². The zero-order valence-corrected chi connectivity index (χ0v) is 9.49. The zero-order chi connectivity index (χ0) is 10.3. The van der Waals surface area contributed by atoms with Crippen LogP contribution in [0.5, 0.6) is 0 Å². The van der Waals surface area contributed by atoms with E-state index in [-0.39, 0.29) is 0 Å². The van der Waals surface area contributed by atoms with Gasteiger partial charge in [-0.05, 0) is 30.7 Å². The molecule has 1 fully saturated rings. The summed E-state index contributed by atoms with van der Waals surface area (Å²) in [5.41, 5.74) is 1.48. The van der Waals surface area contributed by atoms with Crippen molar-refractivity contribution in [2.24, 2.45) is 5.92 Å². The minimum absolute atomic E-state index is 0.919. The predicted molar refractivity (Wildman–Crippen MR) is 65.6 cm³/mol. The van der Waals surface area contributed by atoms with Crippen LogP contribution in [0.15, 0.2) is 30.3 Å². The van der Waals surface area contributed by atoms with Crippen LogP contribution in [-0.2, 0) is 6.42 Å². The molecule has 0 nitrogen and oxygen atoms in total. The van der Waals surface area contributed by atoms with Crippen molar-refractivity contribution in [1.82, 2.24) is 0 Å². The van der Waals surface area contributed by atoms with Gasteiger partial charge in [0.25, 0.3) is 0 Å². The Bertz CT molecular complexity index is 257. The van der Waals surface area contributed by atoms with Gasteiger partial charge in [-0.15, -0.1) is 0 Å². The van der Waals surface area contributed by atoms with Gasteiger partial charge in [-0.25, -0.2) is 0 Å². The van der Waals surface area contributed by atoms with Crippen LogP contribution in [0.25, 0.3) is 0 Å². The van der Waals surface area contributed by atoms with E-state index in [0.29, 0.717) is 0 Å². The molecule has 0 amide bonds. The summed E-state index contributed by atoms with van der Waals surface area (Å²) in [6.07, 6.45) is 12.3. The minimum atomic E-state index is 0.919. The van der Waals surface area contributed by atoms with E-state index in [1.807, 2.05) is 0 Å². The molecule has 0 atom stereocenters. The summed E-state index contributed by atoms with van der Waals surface area (Å²) in [7, 11) is 0. The molecule has 1 saturated carbocycles. The first-order valence-corrected chi connectivity index (χ1v) is 6.32. The topological polar surface area (TPSA) is 0 Å². The zero-order valence-electron chi connectivity index (χ0n) is 9.49. The normalized spacial score (nSPS) is 17.9. The third kappa shape index (κ3) is 3.70. The van der Waals surface area contributed by atoms with Gasteiger partial charge in [-0.2, -0.15) is 0 Å². The maximum absolute atomic E-state index is 2.56. The Morgan fingerprint density at radius 1 is 1.00 bits per heavy atom. The smallest absolute Gasteiger partial charge is 0.0276 e. The first-order chi connectivity index (χ1) is 7.45. The molecule has 1 aromatic carbocycles. The van der Waals surface area contributed by atoms with E-state index in [1.54, 1.807) is 0 Å². The largest absolute Gasteiger partial charge is 0.0622 e. The Morgan fingerprint density at radius 3 is 2.47 bits per heavy atom. The molecule has 0 unspecified atom stereocenters. The summed E-state index contributed by atoms with van der Waals surface area (Å²) < 4.78 is 0. The number of hydrogen-bond donors (Lipinski definition) is 0. The Morgan fingerprint density at radius 2 is 1.73 bits per heavy atom. The molecule has 0 aromatic heterocycles. The van der Waals surface area contributed by atoms with Gasteiger partial charge in [-0.1, -0.05) is 62.4 Å². The maximum Gasteiger partial charge on any atom is -0.0276 e. The quantitative estimate of drug-likeness (QED) is 0.677. The second-order valence-corrected chi connectivity index (χ2v) is 4.66. The molecular weight excluding hydrogens is 180 g/mol. The Balaban J connectivity index is 1.66.